The van der Waals surface area contributed by atoms with Crippen LogP contribution in [0.4, 0.5) is 10.1 Å². The highest BCUT2D eigenvalue weighted by Gasteiger charge is 2.44. The Bertz CT molecular complexity index is 671. The van der Waals surface area contributed by atoms with Crippen molar-refractivity contribution in [1.29, 1.82) is 0 Å². The van der Waals surface area contributed by atoms with Gasteiger partial charge in [0.05, 0.1) is 11.2 Å². The summed E-state index contributed by atoms with van der Waals surface area (Å²) in [7, 11) is -3.72. The Kier molecular flexibility index (Phi) is 2.72. The van der Waals surface area contributed by atoms with Crippen molar-refractivity contribution in [1.82, 2.24) is 4.72 Å². The number of benzene rings is 1. The van der Waals surface area contributed by atoms with Gasteiger partial charge in [-0.1, -0.05) is 11.6 Å². The quantitative estimate of drug-likeness (QED) is 0.876. The van der Waals surface area contributed by atoms with Crippen molar-refractivity contribution in [2.75, 3.05) is 12.0 Å². The largest absolute Gasteiger partial charge is 0.324 e. The molecule has 1 heterocycles. The molecule has 1 saturated carbocycles. The molecule has 0 atom stereocenters. The van der Waals surface area contributed by atoms with Crippen LogP contribution in [-0.4, -0.2) is 26.6 Å². The molecule has 3 rings (SSSR count). The maximum Gasteiger partial charge on any atom is 0.266 e. The Balaban J connectivity index is 2.02. The molecule has 0 spiro atoms. The Morgan fingerprint density at radius 3 is 2.79 bits per heavy atom. The molecule has 0 bridgehead atoms. The minimum absolute atomic E-state index is 0.0593. The van der Waals surface area contributed by atoms with E-state index in [1.807, 2.05) is 0 Å². The van der Waals surface area contributed by atoms with Gasteiger partial charge in [0.15, 0.2) is 0 Å². The number of aliphatic imine (C=N–C) groups is 1. The van der Waals surface area contributed by atoms with Gasteiger partial charge < -0.3 is 5.32 Å². The normalized spacial score (nSPS) is 24.2. The molecule has 8 heteroatoms. The lowest BCUT2D eigenvalue weighted by Crippen LogP contribution is -2.41. The van der Waals surface area contributed by atoms with Crippen LogP contribution in [0, 0.1) is 0 Å². The summed E-state index contributed by atoms with van der Waals surface area (Å²) < 4.78 is 39.2. The monoisotopic (exact) mass is 303 g/mol. The zero-order chi connectivity index (χ0) is 13.7. The first-order chi connectivity index (χ1) is 8.94. The zero-order valence-electron chi connectivity index (χ0n) is 9.78. The number of nitrogens with zero attached hydrogens (tertiary/aromatic N) is 1. The van der Waals surface area contributed by atoms with E-state index in [2.05, 4.69) is 15.0 Å². The standard InChI is InChI=1S/C11H11ClFN3O2S/c12-7-1-2-8-9(5-7)19(17,18)16-10(14-8)15-11(6-13)3-4-11/h1-2,5H,3-4,6H2,(H2,14,15,16). The molecule has 0 aromatic heterocycles. The molecule has 1 aliphatic heterocycles. The minimum atomic E-state index is -3.72. The summed E-state index contributed by atoms with van der Waals surface area (Å²) in [5.74, 6) is 0.0602. The summed E-state index contributed by atoms with van der Waals surface area (Å²) in [5, 5.41) is 3.17. The number of halogens is 2. The van der Waals surface area contributed by atoms with E-state index in [-0.39, 0.29) is 10.9 Å². The fourth-order valence-electron chi connectivity index (χ4n) is 1.86. The van der Waals surface area contributed by atoms with Crippen LogP contribution in [-0.2, 0) is 10.0 Å². The Hall–Kier alpha value is -1.34. The van der Waals surface area contributed by atoms with Crippen molar-refractivity contribution in [3.05, 3.63) is 23.2 Å². The molecule has 5 nitrogen and oxygen atoms in total. The molecule has 1 aromatic rings. The lowest BCUT2D eigenvalue weighted by atomic mass is 10.3. The Morgan fingerprint density at radius 1 is 1.42 bits per heavy atom. The Morgan fingerprint density at radius 2 is 2.16 bits per heavy atom. The molecule has 1 fully saturated rings. The molecule has 102 valence electrons. The van der Waals surface area contributed by atoms with Crippen molar-refractivity contribution in [2.45, 2.75) is 23.3 Å². The van der Waals surface area contributed by atoms with E-state index >= 15 is 0 Å². The van der Waals surface area contributed by atoms with Crippen LogP contribution in [0.2, 0.25) is 5.02 Å². The van der Waals surface area contributed by atoms with Crippen molar-refractivity contribution < 1.29 is 12.8 Å². The van der Waals surface area contributed by atoms with E-state index in [1.165, 1.54) is 6.07 Å². The van der Waals surface area contributed by atoms with Crippen LogP contribution in [0.3, 0.4) is 0 Å². The first kappa shape index (κ1) is 12.7. The van der Waals surface area contributed by atoms with Gasteiger partial charge in [-0.25, -0.2) is 22.5 Å². The van der Waals surface area contributed by atoms with Crippen molar-refractivity contribution in [3.63, 3.8) is 0 Å². The number of guanidine groups is 1. The van der Waals surface area contributed by atoms with Crippen LogP contribution < -0.4 is 10.0 Å². The number of sulfonamides is 1. The Labute approximate surface area is 114 Å². The van der Waals surface area contributed by atoms with Gasteiger partial charge in [0.2, 0.25) is 5.96 Å². The molecular weight excluding hydrogens is 293 g/mol. The van der Waals surface area contributed by atoms with Gasteiger partial charge in [0, 0.05) is 5.02 Å². The predicted molar refractivity (Wildman–Crippen MR) is 70.8 cm³/mol. The molecule has 1 aliphatic carbocycles. The molecule has 2 N–H and O–H groups in total. The lowest BCUT2D eigenvalue weighted by molar-refractivity contribution is 0.418. The summed E-state index contributed by atoms with van der Waals surface area (Å²) in [5.41, 5.74) is -0.369. The van der Waals surface area contributed by atoms with Crippen LogP contribution in [0.25, 0.3) is 0 Å². The molecule has 19 heavy (non-hydrogen) atoms. The molecule has 0 unspecified atom stereocenters. The second-order valence-electron chi connectivity index (χ2n) is 4.69. The van der Waals surface area contributed by atoms with E-state index < -0.39 is 22.2 Å². The van der Waals surface area contributed by atoms with E-state index in [0.29, 0.717) is 23.6 Å². The number of hydrogen-bond donors (Lipinski definition) is 2. The summed E-state index contributed by atoms with van der Waals surface area (Å²) in [6, 6.07) is 4.49. The third-order valence-corrected chi connectivity index (χ3v) is 4.76. The predicted octanol–water partition coefficient (Wildman–Crippen LogP) is 1.90. The van der Waals surface area contributed by atoms with E-state index in [1.54, 1.807) is 12.1 Å². The minimum Gasteiger partial charge on any atom is -0.324 e. The van der Waals surface area contributed by atoms with Crippen LogP contribution >= 0.6 is 11.6 Å². The van der Waals surface area contributed by atoms with Gasteiger partial charge in [-0.2, -0.15) is 0 Å². The van der Waals surface area contributed by atoms with Crippen LogP contribution in [0.15, 0.2) is 28.1 Å². The molecule has 1 aromatic carbocycles. The highest BCUT2D eigenvalue weighted by atomic mass is 35.5. The first-order valence-corrected chi connectivity index (χ1v) is 7.55. The number of nitrogens with one attached hydrogen (secondary N) is 2. The van der Waals surface area contributed by atoms with Crippen molar-refractivity contribution in [3.8, 4) is 0 Å². The molecule has 0 radical (unpaired) electrons. The summed E-state index contributed by atoms with van der Waals surface area (Å²) in [6.07, 6.45) is 1.26. The van der Waals surface area contributed by atoms with Gasteiger partial charge in [-0.3, -0.25) is 0 Å². The van der Waals surface area contributed by atoms with Crippen molar-refractivity contribution in [2.24, 2.45) is 4.99 Å². The number of rotatable bonds is 2. The van der Waals surface area contributed by atoms with Gasteiger partial charge in [-0.05, 0) is 31.0 Å². The third kappa shape index (κ3) is 2.28. The molecule has 0 amide bonds. The van der Waals surface area contributed by atoms with Gasteiger partial charge >= 0.3 is 0 Å². The topological polar surface area (TPSA) is 70.6 Å². The fraction of sp³-hybridized carbons (Fsp3) is 0.364. The summed E-state index contributed by atoms with van der Waals surface area (Å²) in [4.78, 5) is 4.18. The van der Waals surface area contributed by atoms with Gasteiger partial charge in [-0.15, -0.1) is 0 Å². The van der Waals surface area contributed by atoms with E-state index in [4.69, 9.17) is 11.6 Å². The smallest absolute Gasteiger partial charge is 0.266 e. The van der Waals surface area contributed by atoms with Gasteiger partial charge in [0.1, 0.15) is 11.6 Å². The highest BCUT2D eigenvalue weighted by molar-refractivity contribution is 7.90. The molecule has 0 saturated heterocycles. The van der Waals surface area contributed by atoms with Gasteiger partial charge in [0.25, 0.3) is 10.0 Å². The first-order valence-electron chi connectivity index (χ1n) is 5.69. The second kappa shape index (κ2) is 4.08. The van der Waals surface area contributed by atoms with Crippen molar-refractivity contribution >= 4 is 33.3 Å². The maximum absolute atomic E-state index is 12.8. The average molecular weight is 304 g/mol. The van der Waals surface area contributed by atoms with E-state index in [0.717, 1.165) is 0 Å². The fourth-order valence-corrected chi connectivity index (χ4v) is 3.25. The zero-order valence-corrected chi connectivity index (χ0v) is 11.4. The number of anilines is 1. The third-order valence-electron chi connectivity index (χ3n) is 3.14. The molecule has 2 aliphatic rings. The number of alkyl halides is 1. The molecular formula is C11H11ClFN3O2S. The maximum atomic E-state index is 12.8. The lowest BCUT2D eigenvalue weighted by Gasteiger charge is -2.22. The van der Waals surface area contributed by atoms with Crippen LogP contribution in [0.5, 0.6) is 0 Å². The SMILES string of the molecule is O=S1(=O)NC(=NC2(CF)CC2)Nc2ccc(Cl)cc21. The highest BCUT2D eigenvalue weighted by Crippen LogP contribution is 2.40. The summed E-state index contributed by atoms with van der Waals surface area (Å²) in [6.45, 7) is -0.590. The average Bonchev–Trinajstić information content (AvgIpc) is 3.10. The van der Waals surface area contributed by atoms with Crippen LogP contribution in [0.1, 0.15) is 12.8 Å². The van der Waals surface area contributed by atoms with E-state index in [9.17, 15) is 12.8 Å². The number of fused-ring (bicyclic) bond motifs is 1. The number of hydrogen-bond acceptors (Lipinski definition) is 3. The summed E-state index contributed by atoms with van der Waals surface area (Å²) >= 11 is 5.78. The second-order valence-corrected chi connectivity index (χ2v) is 6.78.